The maximum absolute atomic E-state index is 13.9. The molecule has 3 atom stereocenters. The van der Waals surface area contributed by atoms with E-state index < -0.39 is 24.1 Å². The number of carbonyl (C=O) groups is 3. The van der Waals surface area contributed by atoms with E-state index in [1.54, 1.807) is 29.5 Å². The van der Waals surface area contributed by atoms with Crippen LogP contribution < -0.4 is 5.32 Å². The van der Waals surface area contributed by atoms with Crippen molar-refractivity contribution in [1.82, 2.24) is 19.7 Å². The van der Waals surface area contributed by atoms with E-state index in [1.807, 2.05) is 95.9 Å². The van der Waals surface area contributed by atoms with E-state index in [-0.39, 0.29) is 24.8 Å². The van der Waals surface area contributed by atoms with E-state index in [0.717, 1.165) is 32.1 Å². The molecule has 3 aromatic carbocycles. The summed E-state index contributed by atoms with van der Waals surface area (Å²) in [4.78, 5) is 44.7. The first-order chi connectivity index (χ1) is 20.8. The summed E-state index contributed by atoms with van der Waals surface area (Å²) >= 11 is 1.60. The molecule has 5 aromatic rings. The Labute approximate surface area is 254 Å². The number of aryl methyl sites for hydroxylation is 1. The monoisotopic (exact) mass is 594 g/mol. The molecule has 3 heterocycles. The van der Waals surface area contributed by atoms with Crippen LogP contribution in [-0.4, -0.2) is 69.0 Å². The lowest BCUT2D eigenvalue weighted by Gasteiger charge is -2.28. The highest BCUT2D eigenvalue weighted by molar-refractivity contribution is 7.17. The predicted molar refractivity (Wildman–Crippen MR) is 169 cm³/mol. The number of hydrogen-bond donors (Lipinski definition) is 2. The van der Waals surface area contributed by atoms with E-state index in [1.165, 1.54) is 4.90 Å². The van der Waals surface area contributed by atoms with Crippen molar-refractivity contribution in [2.75, 3.05) is 13.6 Å². The van der Waals surface area contributed by atoms with Gasteiger partial charge >= 0.3 is 0 Å². The molecule has 1 unspecified atom stereocenters. The van der Waals surface area contributed by atoms with Gasteiger partial charge in [-0.2, -0.15) is 0 Å². The topological polar surface area (TPSA) is 94.9 Å². The fourth-order valence-corrected chi connectivity index (χ4v) is 7.01. The van der Waals surface area contributed by atoms with Crippen LogP contribution in [0.25, 0.3) is 21.0 Å². The summed E-state index contributed by atoms with van der Waals surface area (Å²) in [5.74, 6) is -0.990. The van der Waals surface area contributed by atoms with Crippen LogP contribution in [0, 0.1) is 0 Å². The summed E-state index contributed by atoms with van der Waals surface area (Å²) < 4.78 is 2.99. The zero-order chi connectivity index (χ0) is 30.1. The Hall–Kier alpha value is -4.47. The minimum Gasteiger partial charge on any atom is -0.391 e. The Morgan fingerprint density at radius 2 is 1.70 bits per heavy atom. The summed E-state index contributed by atoms with van der Waals surface area (Å²) in [7, 11) is 3.61. The fourth-order valence-electron chi connectivity index (χ4n) is 6.03. The number of nitrogens with zero attached hydrogens (tertiary/aromatic N) is 3. The normalized spacial score (nSPS) is 17.3. The Kier molecular flexibility index (Phi) is 8.01. The number of aromatic nitrogens is 1. The molecule has 2 N–H and O–H groups in total. The first-order valence-corrected chi connectivity index (χ1v) is 15.3. The largest absolute Gasteiger partial charge is 0.391 e. The van der Waals surface area contributed by atoms with Crippen LogP contribution in [0.2, 0.25) is 0 Å². The number of rotatable bonds is 8. The van der Waals surface area contributed by atoms with E-state index in [0.29, 0.717) is 18.5 Å². The number of aliphatic hydroxyl groups excluding tert-OH is 1. The number of benzene rings is 3. The van der Waals surface area contributed by atoms with E-state index in [4.69, 9.17) is 0 Å². The second-order valence-corrected chi connectivity index (χ2v) is 12.1. The molecule has 1 fully saturated rings. The minimum atomic E-state index is -0.907. The number of likely N-dealkylation sites (tertiary alicyclic amines) is 1. The second kappa shape index (κ2) is 12.0. The number of likely N-dealkylation sites (N-methyl/N-ethyl adjacent to an activating group) is 1. The molecule has 0 aliphatic carbocycles. The highest BCUT2D eigenvalue weighted by Crippen LogP contribution is 2.29. The molecular weight excluding hydrogens is 560 g/mol. The quantitative estimate of drug-likeness (QED) is 0.279. The summed E-state index contributed by atoms with van der Waals surface area (Å²) in [6.45, 7) is 0.437. The van der Waals surface area contributed by atoms with Crippen molar-refractivity contribution in [3.05, 3.63) is 107 Å². The van der Waals surface area contributed by atoms with Crippen molar-refractivity contribution < 1.29 is 19.5 Å². The Morgan fingerprint density at radius 3 is 2.49 bits per heavy atom. The summed E-state index contributed by atoms with van der Waals surface area (Å²) in [5.41, 5.74) is 3.34. The molecule has 1 aliphatic rings. The summed E-state index contributed by atoms with van der Waals surface area (Å²) in [5, 5.41) is 17.5. The van der Waals surface area contributed by atoms with E-state index >= 15 is 0 Å². The first kappa shape index (κ1) is 28.6. The molecule has 9 heteroatoms. The number of β-amino-alcohol motifs (C(OH)–C–C–N with tert-alkyl or cyclic N) is 1. The molecular formula is C34H34N4O4S. The van der Waals surface area contributed by atoms with Crippen LogP contribution in [-0.2, 0) is 29.6 Å². The smallest absolute Gasteiger partial charge is 0.256 e. The van der Waals surface area contributed by atoms with Crippen LogP contribution in [0.1, 0.15) is 27.9 Å². The molecule has 43 heavy (non-hydrogen) atoms. The van der Waals surface area contributed by atoms with Gasteiger partial charge in [-0.15, -0.1) is 11.3 Å². The lowest BCUT2D eigenvalue weighted by Crippen LogP contribution is -2.54. The van der Waals surface area contributed by atoms with Crippen molar-refractivity contribution in [1.29, 1.82) is 0 Å². The lowest BCUT2D eigenvalue weighted by atomic mass is 10.0. The van der Waals surface area contributed by atoms with Crippen molar-refractivity contribution in [3.63, 3.8) is 0 Å². The molecule has 3 amide bonds. The van der Waals surface area contributed by atoms with Crippen LogP contribution in [0.5, 0.6) is 0 Å². The Morgan fingerprint density at radius 1 is 1.00 bits per heavy atom. The van der Waals surface area contributed by atoms with Gasteiger partial charge in [0, 0.05) is 61.8 Å². The maximum atomic E-state index is 13.9. The predicted octanol–water partition coefficient (Wildman–Crippen LogP) is 4.35. The van der Waals surface area contributed by atoms with Gasteiger partial charge in [-0.05, 0) is 34.0 Å². The number of hydrogen-bond acceptors (Lipinski definition) is 5. The molecule has 0 spiro atoms. The van der Waals surface area contributed by atoms with Gasteiger partial charge in [-0.25, -0.2) is 0 Å². The van der Waals surface area contributed by atoms with Crippen LogP contribution in [0.15, 0.2) is 90.4 Å². The lowest BCUT2D eigenvalue weighted by molar-refractivity contribution is -0.136. The van der Waals surface area contributed by atoms with Crippen molar-refractivity contribution in [2.24, 2.45) is 7.05 Å². The van der Waals surface area contributed by atoms with Gasteiger partial charge in [0.15, 0.2) is 0 Å². The average Bonchev–Trinajstić information content (AvgIpc) is 3.72. The molecule has 0 saturated carbocycles. The van der Waals surface area contributed by atoms with Crippen molar-refractivity contribution in [3.8, 4) is 0 Å². The van der Waals surface area contributed by atoms with Crippen LogP contribution in [0.4, 0.5) is 0 Å². The molecule has 220 valence electrons. The van der Waals surface area contributed by atoms with Gasteiger partial charge in [0.25, 0.3) is 5.91 Å². The third-order valence-electron chi connectivity index (χ3n) is 8.21. The van der Waals surface area contributed by atoms with Gasteiger partial charge in [-0.1, -0.05) is 66.7 Å². The Balaban J connectivity index is 1.27. The molecule has 1 saturated heterocycles. The third-order valence-corrected chi connectivity index (χ3v) is 9.22. The summed E-state index contributed by atoms with van der Waals surface area (Å²) in [6, 6.07) is 23.5. The van der Waals surface area contributed by atoms with Gasteiger partial charge < -0.3 is 24.8 Å². The van der Waals surface area contributed by atoms with Gasteiger partial charge in [0.05, 0.1) is 11.7 Å². The number of thiophene rings is 1. The highest BCUT2D eigenvalue weighted by atomic mass is 32.1. The third kappa shape index (κ3) is 5.78. The molecule has 2 aromatic heterocycles. The van der Waals surface area contributed by atoms with Crippen LogP contribution >= 0.6 is 11.3 Å². The van der Waals surface area contributed by atoms with Crippen molar-refractivity contribution in [2.45, 2.75) is 37.6 Å². The van der Waals surface area contributed by atoms with E-state index in [9.17, 15) is 19.5 Å². The number of carbonyl (C=O) groups excluding carboxylic acids is 3. The first-order valence-electron chi connectivity index (χ1n) is 14.4. The van der Waals surface area contributed by atoms with Gasteiger partial charge in [0.2, 0.25) is 11.8 Å². The minimum absolute atomic E-state index is 0.0435. The standard InChI is InChI=1S/C34H34N4O4S/c1-36-20-27(26-13-6-8-14-29(26)36)33(41)38-19-24(39)17-30(38)32(40)35-28(16-23-21-43-31-15-9-7-12-25(23)31)34(42)37(2)18-22-10-4-3-5-11-22/h3-15,20-21,24,28,30,39H,16-19H2,1-2H3,(H,35,40)/t24-,28-,30?/m1/s1. The molecule has 0 radical (unpaired) electrons. The molecule has 8 nitrogen and oxygen atoms in total. The number of nitrogens with one attached hydrogen (secondary N) is 1. The molecule has 6 rings (SSSR count). The number of amides is 3. The fraction of sp³-hybridized carbons (Fsp3) is 0.265. The number of aliphatic hydroxyl groups is 1. The zero-order valence-corrected chi connectivity index (χ0v) is 25.0. The summed E-state index contributed by atoms with van der Waals surface area (Å²) in [6.07, 6.45) is 1.33. The zero-order valence-electron chi connectivity index (χ0n) is 24.1. The number of para-hydroxylation sites is 1. The average molecular weight is 595 g/mol. The molecule has 0 bridgehead atoms. The van der Waals surface area contributed by atoms with Crippen molar-refractivity contribution >= 4 is 50.0 Å². The van der Waals surface area contributed by atoms with Crippen LogP contribution in [0.3, 0.4) is 0 Å². The van der Waals surface area contributed by atoms with Gasteiger partial charge in [-0.3, -0.25) is 14.4 Å². The highest BCUT2D eigenvalue weighted by Gasteiger charge is 2.41. The Bertz CT molecular complexity index is 1800. The SMILES string of the molecule is CN(Cc1ccccc1)C(=O)[C@@H](Cc1csc2ccccc12)NC(=O)C1C[C@@H](O)CN1C(=O)c1cn(C)c2ccccc12. The second-order valence-electron chi connectivity index (χ2n) is 11.2. The van der Waals surface area contributed by atoms with Gasteiger partial charge in [0.1, 0.15) is 12.1 Å². The molecule has 1 aliphatic heterocycles. The number of fused-ring (bicyclic) bond motifs is 2. The maximum Gasteiger partial charge on any atom is 0.256 e. The van der Waals surface area contributed by atoms with E-state index in [2.05, 4.69) is 5.32 Å².